The van der Waals surface area contributed by atoms with Crippen molar-refractivity contribution in [1.82, 2.24) is 36.4 Å². The average molecular weight is 946 g/mol. The van der Waals surface area contributed by atoms with Gasteiger partial charge >= 0.3 is 17.9 Å². The van der Waals surface area contributed by atoms with Crippen molar-refractivity contribution in [1.29, 1.82) is 0 Å². The van der Waals surface area contributed by atoms with E-state index in [0.717, 1.165) is 30.7 Å². The van der Waals surface area contributed by atoms with Gasteiger partial charge in [0.05, 0.1) is 12.2 Å². The van der Waals surface area contributed by atoms with Gasteiger partial charge in [-0.25, -0.2) is 14.4 Å². The van der Waals surface area contributed by atoms with Crippen molar-refractivity contribution >= 4 is 59.3 Å². The van der Waals surface area contributed by atoms with Gasteiger partial charge in [0, 0.05) is 41.5 Å². The molecule has 67 heavy (non-hydrogen) atoms. The second-order valence-corrected chi connectivity index (χ2v) is 17.1. The largest absolute Gasteiger partial charge is 0.458 e. The summed E-state index contributed by atoms with van der Waals surface area (Å²) in [6.07, 6.45) is -7.68. The van der Waals surface area contributed by atoms with Crippen LogP contribution in [0.3, 0.4) is 0 Å². The first-order chi connectivity index (χ1) is 31.1. The molecule has 6 N–H and O–H groups in total. The summed E-state index contributed by atoms with van der Waals surface area (Å²) in [5.74, 6) is -11.4. The molecule has 1 saturated heterocycles. The highest BCUT2D eigenvalue weighted by Gasteiger charge is 2.45. The maximum atomic E-state index is 14.8. The number of cyclic esters (lactones) is 2. The van der Waals surface area contributed by atoms with Crippen LogP contribution in [0.2, 0.25) is 0 Å². The number of carbonyl (C=O) groups is 10. The normalized spacial score (nSPS) is 25.2. The molecule has 372 valence electrons. The van der Waals surface area contributed by atoms with Crippen LogP contribution in [0.15, 0.2) is 42.6 Å². The first-order valence-corrected chi connectivity index (χ1v) is 21.7. The number of rotatable bonds is 12. The van der Waals surface area contributed by atoms with Gasteiger partial charge in [-0.3, -0.25) is 33.6 Å². The van der Waals surface area contributed by atoms with Crippen LogP contribution in [0.4, 0.5) is 0 Å². The third kappa shape index (κ3) is 15.9. The van der Waals surface area contributed by atoms with Crippen LogP contribution >= 0.6 is 0 Å². The standard InChI is InChI=1S/C45H67N7O15/c1-21(2)36(55)33(49-29(11)54)44(62)67-37(22(3)4)34-42(60)52(13)35(27(9)64-14)45(63)65-26(8)32(48-28(10)53)43(61)66-31(20-30-18-16-15-17-19-30)41(59)51(12)25(7)40(58)47-23(5)38(56)46-24(6)39(57)50-34/h15-19,21-24,26-27,31-37,55H,7,20H2,1-6,8-14H3,(H,46,56)(H,47,58)(H,48,53)(H,49,54)(H,50,57)/t23-,24-,26+,27+,31+,32-,33-,34-,35-,36+,37+/m0/s1. The number of ether oxygens (including phenoxy) is 4. The van der Waals surface area contributed by atoms with E-state index in [0.29, 0.717) is 5.56 Å². The molecular weight excluding hydrogens is 879 g/mol. The Morgan fingerprint density at radius 1 is 0.806 bits per heavy atom. The number of amides is 7. The quantitative estimate of drug-likeness (QED) is 0.0833. The van der Waals surface area contributed by atoms with E-state index in [9.17, 15) is 53.1 Å². The summed E-state index contributed by atoms with van der Waals surface area (Å²) in [7, 11) is 3.57. The third-order valence-corrected chi connectivity index (χ3v) is 10.9. The highest BCUT2D eigenvalue weighted by molar-refractivity contribution is 6.01. The monoisotopic (exact) mass is 945 g/mol. The number of hydrogen-bond acceptors (Lipinski definition) is 15. The molecule has 0 aliphatic carbocycles. The lowest BCUT2D eigenvalue weighted by molar-refractivity contribution is -0.174. The molecule has 22 nitrogen and oxygen atoms in total. The predicted molar refractivity (Wildman–Crippen MR) is 238 cm³/mol. The van der Waals surface area contributed by atoms with Crippen LogP contribution in [-0.2, 0) is 73.3 Å². The molecule has 1 fully saturated rings. The van der Waals surface area contributed by atoms with E-state index in [1.807, 2.05) is 0 Å². The number of aliphatic hydroxyl groups is 1. The van der Waals surface area contributed by atoms with E-state index >= 15 is 0 Å². The number of hydrogen-bond donors (Lipinski definition) is 6. The summed E-state index contributed by atoms with van der Waals surface area (Å²) < 4.78 is 22.8. The SMILES string of the molecule is C=C1C(=O)N[C@@H](C)C(=O)N[C@@H](C)C(=O)N[C@@H]([C@H](OC(=O)[C@@H](NC(C)=O)[C@H](O)C(C)C)C(C)C)C(=O)N(C)[C@@H]([C@@H](C)OC)C(=O)O[C@H](C)[C@H](NC(C)=O)C(=O)O[C@H](Cc2ccccc2)C(=O)N1C. The number of esters is 3. The molecule has 1 aliphatic heterocycles. The summed E-state index contributed by atoms with van der Waals surface area (Å²) in [4.78, 5) is 138. The van der Waals surface area contributed by atoms with Crippen LogP contribution in [0.5, 0.6) is 0 Å². The zero-order chi connectivity index (χ0) is 51.2. The second-order valence-electron chi connectivity index (χ2n) is 17.1. The van der Waals surface area contributed by atoms with Crippen molar-refractivity contribution in [3.63, 3.8) is 0 Å². The molecule has 1 aromatic rings. The molecule has 0 spiro atoms. The van der Waals surface area contributed by atoms with Crippen LogP contribution in [0, 0.1) is 11.8 Å². The molecule has 1 aromatic carbocycles. The number of methoxy groups -OCH3 is 1. The molecule has 0 radical (unpaired) electrons. The van der Waals surface area contributed by atoms with Crippen molar-refractivity contribution in [3.8, 4) is 0 Å². The van der Waals surface area contributed by atoms with Crippen molar-refractivity contribution in [2.75, 3.05) is 21.2 Å². The number of carbonyl (C=O) groups excluding carboxylic acids is 10. The third-order valence-electron chi connectivity index (χ3n) is 10.9. The van der Waals surface area contributed by atoms with E-state index in [4.69, 9.17) is 18.9 Å². The van der Waals surface area contributed by atoms with E-state index < -0.39 is 144 Å². The van der Waals surface area contributed by atoms with Gasteiger partial charge in [0.25, 0.3) is 11.8 Å². The maximum absolute atomic E-state index is 14.8. The summed E-state index contributed by atoms with van der Waals surface area (Å²) >= 11 is 0. The first-order valence-electron chi connectivity index (χ1n) is 21.7. The fourth-order valence-electron chi connectivity index (χ4n) is 6.78. The van der Waals surface area contributed by atoms with Crippen LogP contribution in [0.25, 0.3) is 0 Å². The maximum Gasteiger partial charge on any atom is 0.333 e. The van der Waals surface area contributed by atoms with E-state index in [1.165, 1.54) is 55.7 Å². The fraction of sp³-hybridized carbons (Fsp3) is 0.600. The Balaban J connectivity index is 2.85. The second kappa shape index (κ2) is 25.5. The summed E-state index contributed by atoms with van der Waals surface area (Å²) in [6.45, 7) is 17.3. The van der Waals surface area contributed by atoms with Crippen molar-refractivity contribution in [2.24, 2.45) is 11.8 Å². The Bertz CT molecular complexity index is 2000. The van der Waals surface area contributed by atoms with Crippen molar-refractivity contribution < 1.29 is 72.0 Å². The van der Waals surface area contributed by atoms with Gasteiger partial charge in [0.1, 0.15) is 36.0 Å². The highest BCUT2D eigenvalue weighted by Crippen LogP contribution is 2.21. The predicted octanol–water partition coefficient (Wildman–Crippen LogP) is -0.991. The van der Waals surface area contributed by atoms with Crippen molar-refractivity contribution in [2.45, 2.75) is 142 Å². The van der Waals surface area contributed by atoms with Gasteiger partial charge in [-0.15, -0.1) is 0 Å². The summed E-state index contributed by atoms with van der Waals surface area (Å²) in [5, 5.41) is 23.0. The Kier molecular flexibility index (Phi) is 21.6. The van der Waals surface area contributed by atoms with Gasteiger partial charge in [0.2, 0.25) is 29.5 Å². The smallest absolute Gasteiger partial charge is 0.333 e. The molecule has 7 amide bonds. The van der Waals surface area contributed by atoms with Gasteiger partial charge in [-0.2, -0.15) is 0 Å². The van der Waals surface area contributed by atoms with Crippen LogP contribution < -0.4 is 26.6 Å². The Hall–Kier alpha value is -6.42. The van der Waals surface area contributed by atoms with Crippen LogP contribution in [0.1, 0.15) is 74.8 Å². The van der Waals surface area contributed by atoms with Gasteiger partial charge in [0.15, 0.2) is 24.2 Å². The van der Waals surface area contributed by atoms with Gasteiger partial charge in [-0.05, 0) is 45.1 Å². The van der Waals surface area contributed by atoms with E-state index in [1.54, 1.807) is 44.2 Å². The van der Waals surface area contributed by atoms with Gasteiger partial charge < -0.3 is 60.4 Å². The topological polar surface area (TPSA) is 294 Å². The summed E-state index contributed by atoms with van der Waals surface area (Å²) in [6, 6.07) is -1.39. The minimum atomic E-state index is -1.86. The highest BCUT2D eigenvalue weighted by atomic mass is 16.6. The molecule has 0 saturated carbocycles. The first kappa shape index (κ1) is 56.7. The molecule has 2 rings (SSSR count). The number of aliphatic hydroxyl groups excluding tert-OH is 1. The molecule has 1 aliphatic rings. The zero-order valence-electron chi connectivity index (χ0n) is 40.4. The van der Waals surface area contributed by atoms with E-state index in [-0.39, 0.29) is 6.42 Å². The molecule has 0 aromatic heterocycles. The van der Waals surface area contributed by atoms with Crippen molar-refractivity contribution in [3.05, 3.63) is 48.2 Å². The fourth-order valence-corrected chi connectivity index (χ4v) is 6.78. The Labute approximate surface area is 390 Å². The lowest BCUT2D eigenvalue weighted by Crippen LogP contribution is -2.63. The average Bonchev–Trinajstić information content (AvgIpc) is 3.26. The minimum absolute atomic E-state index is 0.231. The Morgan fingerprint density at radius 3 is 1.90 bits per heavy atom. The van der Waals surface area contributed by atoms with Gasteiger partial charge in [-0.1, -0.05) is 64.6 Å². The number of nitrogens with one attached hydrogen (secondary N) is 5. The molecular formula is C45H67N7O15. The lowest BCUT2D eigenvalue weighted by atomic mass is 9.95. The molecule has 0 bridgehead atoms. The van der Waals surface area contributed by atoms with Crippen LogP contribution in [-0.4, -0.2) is 162 Å². The molecule has 11 atom stereocenters. The number of benzene rings is 1. The summed E-state index contributed by atoms with van der Waals surface area (Å²) in [5.41, 5.74) is 0.0437. The molecule has 1 heterocycles. The zero-order valence-corrected chi connectivity index (χ0v) is 40.4. The minimum Gasteiger partial charge on any atom is -0.458 e. The molecule has 0 unspecified atom stereocenters. The number of nitrogens with zero attached hydrogens (tertiary/aromatic N) is 2. The number of likely N-dealkylation sites (N-methyl/N-ethyl adjacent to an activating group) is 2. The molecule has 22 heteroatoms. The Morgan fingerprint density at radius 2 is 1.37 bits per heavy atom. The lowest BCUT2D eigenvalue weighted by Gasteiger charge is -2.38. The van der Waals surface area contributed by atoms with E-state index in [2.05, 4.69) is 33.2 Å².